The maximum Gasteiger partial charge on any atom is 0.332 e. The minimum Gasteiger partial charge on any atom is -0.461 e. The van der Waals surface area contributed by atoms with Gasteiger partial charge in [0.25, 0.3) is 0 Å². The molecule has 0 fully saturated rings. The third-order valence-corrected chi connectivity index (χ3v) is 2.08. The molecule has 0 aliphatic carbocycles. The molecule has 1 amide bonds. The molecule has 0 heterocycles. The van der Waals surface area contributed by atoms with Crippen LogP contribution in [0.25, 0.3) is 0 Å². The lowest BCUT2D eigenvalue weighted by molar-refractivity contribution is -0.153. The molecule has 0 bridgehead atoms. The third kappa shape index (κ3) is 10.6. The van der Waals surface area contributed by atoms with Gasteiger partial charge in [0, 0.05) is 6.92 Å². The van der Waals surface area contributed by atoms with Gasteiger partial charge < -0.3 is 24.4 Å². The number of esters is 1. The maximum absolute atomic E-state index is 11.2. The predicted molar refractivity (Wildman–Crippen MR) is 67.3 cm³/mol. The molecule has 20 heavy (non-hydrogen) atoms. The first-order valence-electron chi connectivity index (χ1n) is 6.10. The number of nitrogens with two attached hydrogens (primary N) is 1. The van der Waals surface area contributed by atoms with Crippen LogP contribution in [0, 0.1) is 0 Å². The van der Waals surface area contributed by atoms with Crippen molar-refractivity contribution in [3.8, 4) is 0 Å². The molecule has 4 N–H and O–H groups in total. The Kier molecular flexibility index (Phi) is 10.8. The highest BCUT2D eigenvalue weighted by molar-refractivity contribution is 5.72. The second-order valence-electron chi connectivity index (χ2n) is 3.90. The number of amides is 1. The summed E-state index contributed by atoms with van der Waals surface area (Å²) in [6.07, 6.45) is -1.05. The van der Waals surface area contributed by atoms with E-state index in [2.05, 4.69) is 0 Å². The summed E-state index contributed by atoms with van der Waals surface area (Å²) in [5.41, 5.74) is 0. The van der Waals surface area contributed by atoms with Gasteiger partial charge in [-0.3, -0.25) is 9.80 Å². The number of nitrogens with zero attached hydrogens (tertiary/aromatic N) is 1. The van der Waals surface area contributed by atoms with Crippen LogP contribution in [0.15, 0.2) is 0 Å². The van der Waals surface area contributed by atoms with Crippen molar-refractivity contribution in [2.45, 2.75) is 13.0 Å². The second-order valence-corrected chi connectivity index (χ2v) is 3.90. The Morgan fingerprint density at radius 2 is 1.90 bits per heavy atom. The molecule has 9 heteroatoms. The summed E-state index contributed by atoms with van der Waals surface area (Å²) in [5, 5.41) is 18.7. The summed E-state index contributed by atoms with van der Waals surface area (Å²) >= 11 is 0. The molecule has 0 aromatic heterocycles. The largest absolute Gasteiger partial charge is 0.461 e. The minimum absolute atomic E-state index is 0.0711. The number of hydrazine groups is 1. The van der Waals surface area contributed by atoms with Crippen molar-refractivity contribution in [1.29, 1.82) is 0 Å². The van der Waals surface area contributed by atoms with Gasteiger partial charge in [0.05, 0.1) is 33.0 Å². The summed E-state index contributed by atoms with van der Waals surface area (Å²) in [6, 6.07) is 0. The van der Waals surface area contributed by atoms with E-state index in [0.717, 1.165) is 5.01 Å². The van der Waals surface area contributed by atoms with Crippen molar-refractivity contribution in [2.75, 3.05) is 46.2 Å². The van der Waals surface area contributed by atoms with E-state index in [0.29, 0.717) is 0 Å². The molecule has 0 spiro atoms. The monoisotopic (exact) mass is 294 g/mol. The number of carbonyl (C=O) groups excluding carboxylic acids is 2. The van der Waals surface area contributed by atoms with Crippen molar-refractivity contribution in [2.24, 2.45) is 5.84 Å². The highest BCUT2D eigenvalue weighted by Gasteiger charge is 2.13. The average molecular weight is 294 g/mol. The zero-order valence-corrected chi connectivity index (χ0v) is 11.5. The number of hydrogen-bond acceptors (Lipinski definition) is 8. The number of rotatable bonds is 11. The van der Waals surface area contributed by atoms with Crippen LogP contribution in [0.2, 0.25) is 0 Å². The van der Waals surface area contributed by atoms with Crippen molar-refractivity contribution in [3.63, 3.8) is 0 Å². The van der Waals surface area contributed by atoms with Crippen molar-refractivity contribution in [1.82, 2.24) is 5.01 Å². The summed E-state index contributed by atoms with van der Waals surface area (Å²) in [6.45, 7) is 1.18. The van der Waals surface area contributed by atoms with Gasteiger partial charge in [0.15, 0.2) is 0 Å². The SMILES string of the molecule is CC(=O)N(N)C[C@H](O)COC(=O)COCCOCCO. The van der Waals surface area contributed by atoms with E-state index in [-0.39, 0.29) is 46.2 Å². The first-order valence-corrected chi connectivity index (χ1v) is 6.10. The number of ether oxygens (including phenoxy) is 3. The lowest BCUT2D eigenvalue weighted by Gasteiger charge is -2.18. The molecule has 0 aromatic rings. The normalized spacial score (nSPS) is 12.0. The summed E-state index contributed by atoms with van der Waals surface area (Å²) in [7, 11) is 0. The topological polar surface area (TPSA) is 132 Å². The Balaban J connectivity index is 3.54. The van der Waals surface area contributed by atoms with Gasteiger partial charge in [0.2, 0.25) is 5.91 Å². The van der Waals surface area contributed by atoms with Crippen LogP contribution in [0.3, 0.4) is 0 Å². The molecule has 0 rings (SSSR count). The molecule has 0 saturated carbocycles. The molecular formula is C11H22N2O7. The fraction of sp³-hybridized carbons (Fsp3) is 0.818. The zero-order valence-electron chi connectivity index (χ0n) is 11.5. The minimum atomic E-state index is -1.05. The first kappa shape index (κ1) is 18.7. The average Bonchev–Trinajstić information content (AvgIpc) is 2.40. The third-order valence-electron chi connectivity index (χ3n) is 2.08. The summed E-state index contributed by atoms with van der Waals surface area (Å²) in [5.74, 6) is 4.25. The molecule has 1 atom stereocenters. The number of hydrogen-bond donors (Lipinski definition) is 3. The maximum atomic E-state index is 11.2. The van der Waals surface area contributed by atoms with Crippen LogP contribution < -0.4 is 5.84 Å². The molecule has 118 valence electrons. The van der Waals surface area contributed by atoms with Gasteiger partial charge in [-0.1, -0.05) is 0 Å². The van der Waals surface area contributed by atoms with Crippen LogP contribution in [0.4, 0.5) is 0 Å². The highest BCUT2D eigenvalue weighted by atomic mass is 16.6. The Morgan fingerprint density at radius 1 is 1.25 bits per heavy atom. The van der Waals surface area contributed by atoms with Crippen molar-refractivity contribution >= 4 is 11.9 Å². The van der Waals surface area contributed by atoms with E-state index < -0.39 is 18.0 Å². The van der Waals surface area contributed by atoms with E-state index >= 15 is 0 Å². The van der Waals surface area contributed by atoms with E-state index in [1.807, 2.05) is 0 Å². The summed E-state index contributed by atoms with van der Waals surface area (Å²) < 4.78 is 14.6. The van der Waals surface area contributed by atoms with Gasteiger partial charge in [-0.2, -0.15) is 0 Å². The summed E-state index contributed by atoms with van der Waals surface area (Å²) in [4.78, 5) is 22.0. The molecule has 0 unspecified atom stereocenters. The first-order chi connectivity index (χ1) is 9.47. The fourth-order valence-electron chi connectivity index (χ4n) is 1.08. The Labute approximate surface area is 117 Å². The molecule has 0 radical (unpaired) electrons. The van der Waals surface area contributed by atoms with Crippen molar-refractivity contribution < 1.29 is 34.0 Å². The standard InChI is InChI=1S/C11H22N2O7/c1-9(15)13(12)6-10(16)7-20-11(17)8-19-5-4-18-3-2-14/h10,14,16H,2-8,12H2,1H3/t10-/m0/s1. The number of aliphatic hydroxyl groups is 2. The van der Waals surface area contributed by atoms with Gasteiger partial charge in [-0.15, -0.1) is 0 Å². The van der Waals surface area contributed by atoms with E-state index in [1.165, 1.54) is 6.92 Å². The van der Waals surface area contributed by atoms with Crippen LogP contribution in [-0.2, 0) is 23.8 Å². The molecule has 9 nitrogen and oxygen atoms in total. The lowest BCUT2D eigenvalue weighted by atomic mass is 10.3. The Bertz CT molecular complexity index is 288. The zero-order chi connectivity index (χ0) is 15.4. The fourth-order valence-corrected chi connectivity index (χ4v) is 1.08. The van der Waals surface area contributed by atoms with Crippen LogP contribution in [-0.4, -0.2) is 79.4 Å². The molecule has 0 aliphatic heterocycles. The van der Waals surface area contributed by atoms with Crippen LogP contribution in [0.1, 0.15) is 6.92 Å². The second kappa shape index (κ2) is 11.6. The quantitative estimate of drug-likeness (QED) is 0.127. The molecule has 0 saturated heterocycles. The van der Waals surface area contributed by atoms with Gasteiger partial charge in [-0.25, -0.2) is 10.6 Å². The van der Waals surface area contributed by atoms with Gasteiger partial charge >= 0.3 is 5.97 Å². The van der Waals surface area contributed by atoms with E-state index in [9.17, 15) is 14.7 Å². The number of aliphatic hydroxyl groups excluding tert-OH is 2. The smallest absolute Gasteiger partial charge is 0.332 e. The van der Waals surface area contributed by atoms with E-state index in [1.54, 1.807) is 0 Å². The van der Waals surface area contributed by atoms with Crippen LogP contribution >= 0.6 is 0 Å². The molecular weight excluding hydrogens is 272 g/mol. The van der Waals surface area contributed by atoms with Gasteiger partial charge in [-0.05, 0) is 0 Å². The lowest BCUT2D eigenvalue weighted by Crippen LogP contribution is -2.43. The Morgan fingerprint density at radius 3 is 2.50 bits per heavy atom. The highest BCUT2D eigenvalue weighted by Crippen LogP contribution is 1.91. The molecule has 0 aliphatic rings. The number of carbonyl (C=O) groups is 2. The van der Waals surface area contributed by atoms with Gasteiger partial charge in [0.1, 0.15) is 19.3 Å². The van der Waals surface area contributed by atoms with Crippen molar-refractivity contribution in [3.05, 3.63) is 0 Å². The van der Waals surface area contributed by atoms with E-state index in [4.69, 9.17) is 25.2 Å². The predicted octanol–water partition coefficient (Wildman–Crippen LogP) is -2.36. The van der Waals surface area contributed by atoms with Crippen LogP contribution in [0.5, 0.6) is 0 Å². The molecule has 0 aromatic carbocycles. The Hall–Kier alpha value is -1.26.